The van der Waals surface area contributed by atoms with Crippen molar-refractivity contribution in [2.24, 2.45) is 5.73 Å². The smallest absolute Gasteiger partial charge is 0.127 e. The van der Waals surface area contributed by atoms with Crippen LogP contribution in [0.15, 0.2) is 18.2 Å². The molecule has 0 aliphatic carbocycles. The van der Waals surface area contributed by atoms with E-state index in [0.29, 0.717) is 13.2 Å². The highest BCUT2D eigenvalue weighted by molar-refractivity contribution is 5.42. The Morgan fingerprint density at radius 3 is 2.61 bits per heavy atom. The lowest BCUT2D eigenvalue weighted by molar-refractivity contribution is 0.100. The van der Waals surface area contributed by atoms with Gasteiger partial charge in [-0.15, -0.1) is 0 Å². The van der Waals surface area contributed by atoms with Crippen molar-refractivity contribution in [3.8, 4) is 11.5 Å². The lowest BCUT2D eigenvalue weighted by Crippen LogP contribution is -2.11. The minimum atomic E-state index is -0.0672. The summed E-state index contributed by atoms with van der Waals surface area (Å²) in [6.07, 6.45) is 1.02. The number of hydrogen-bond acceptors (Lipinski definition) is 4. The molecule has 0 bridgehead atoms. The molecule has 0 saturated heterocycles. The zero-order valence-corrected chi connectivity index (χ0v) is 11.4. The van der Waals surface area contributed by atoms with Crippen molar-refractivity contribution < 1.29 is 14.2 Å². The fraction of sp³-hybridized carbons (Fsp3) is 0.571. The molecule has 0 amide bonds. The molecule has 0 radical (unpaired) electrons. The average molecular weight is 253 g/mol. The SMILES string of the molecule is CCCOCCOc1cc(OC)ccc1[C@@H](C)N. The van der Waals surface area contributed by atoms with Crippen LogP contribution in [-0.4, -0.2) is 26.9 Å². The molecular formula is C14H23NO3. The minimum absolute atomic E-state index is 0.0672. The first-order chi connectivity index (χ1) is 8.69. The van der Waals surface area contributed by atoms with Gasteiger partial charge in [0.05, 0.1) is 13.7 Å². The molecule has 102 valence electrons. The quantitative estimate of drug-likeness (QED) is 0.723. The molecule has 0 aromatic heterocycles. The van der Waals surface area contributed by atoms with Crippen LogP contribution in [0.1, 0.15) is 31.9 Å². The second-order valence-electron chi connectivity index (χ2n) is 4.15. The van der Waals surface area contributed by atoms with Crippen LogP contribution in [0.4, 0.5) is 0 Å². The molecule has 1 aromatic carbocycles. The topological polar surface area (TPSA) is 53.7 Å². The normalized spacial score (nSPS) is 12.2. The van der Waals surface area contributed by atoms with E-state index in [1.165, 1.54) is 0 Å². The minimum Gasteiger partial charge on any atom is -0.497 e. The monoisotopic (exact) mass is 253 g/mol. The highest BCUT2D eigenvalue weighted by Crippen LogP contribution is 2.28. The third-order valence-electron chi connectivity index (χ3n) is 2.54. The van der Waals surface area contributed by atoms with Gasteiger partial charge >= 0.3 is 0 Å². The van der Waals surface area contributed by atoms with Gasteiger partial charge in [0.15, 0.2) is 0 Å². The Balaban J connectivity index is 2.60. The molecule has 2 N–H and O–H groups in total. The van der Waals surface area contributed by atoms with E-state index in [-0.39, 0.29) is 6.04 Å². The summed E-state index contributed by atoms with van der Waals surface area (Å²) >= 11 is 0. The third-order valence-corrected chi connectivity index (χ3v) is 2.54. The van der Waals surface area contributed by atoms with E-state index >= 15 is 0 Å². The number of hydrogen-bond donors (Lipinski definition) is 1. The van der Waals surface area contributed by atoms with Crippen LogP contribution in [0.2, 0.25) is 0 Å². The standard InChI is InChI=1S/C14H23NO3/c1-4-7-17-8-9-18-14-10-12(16-3)5-6-13(14)11(2)15/h5-6,10-11H,4,7-9,15H2,1-3H3/t11-/m1/s1. The van der Waals surface area contributed by atoms with Gasteiger partial charge in [0.2, 0.25) is 0 Å². The van der Waals surface area contributed by atoms with Crippen molar-refractivity contribution in [2.75, 3.05) is 26.9 Å². The van der Waals surface area contributed by atoms with Gasteiger partial charge in [0.1, 0.15) is 18.1 Å². The Bertz CT molecular complexity index is 353. The van der Waals surface area contributed by atoms with Crippen molar-refractivity contribution >= 4 is 0 Å². The molecule has 1 atom stereocenters. The molecule has 0 unspecified atom stereocenters. The molecular weight excluding hydrogens is 230 g/mol. The summed E-state index contributed by atoms with van der Waals surface area (Å²) in [6, 6.07) is 5.62. The molecule has 0 fully saturated rings. The van der Waals surface area contributed by atoms with Crippen LogP contribution in [0.5, 0.6) is 11.5 Å². The molecule has 0 aliphatic rings. The molecule has 1 aromatic rings. The summed E-state index contributed by atoms with van der Waals surface area (Å²) in [5, 5.41) is 0. The number of rotatable bonds is 8. The van der Waals surface area contributed by atoms with Crippen LogP contribution in [0.25, 0.3) is 0 Å². The Hall–Kier alpha value is -1.26. The summed E-state index contributed by atoms with van der Waals surface area (Å²) in [5.74, 6) is 1.54. The first kappa shape index (κ1) is 14.8. The third kappa shape index (κ3) is 4.55. The van der Waals surface area contributed by atoms with E-state index in [4.69, 9.17) is 19.9 Å². The Kier molecular flexibility index (Phi) is 6.54. The zero-order valence-electron chi connectivity index (χ0n) is 11.4. The van der Waals surface area contributed by atoms with Gasteiger partial charge in [-0.25, -0.2) is 0 Å². The van der Waals surface area contributed by atoms with Crippen molar-refractivity contribution in [3.05, 3.63) is 23.8 Å². The number of ether oxygens (including phenoxy) is 3. The Morgan fingerprint density at radius 2 is 2.00 bits per heavy atom. The maximum Gasteiger partial charge on any atom is 0.127 e. The fourth-order valence-electron chi connectivity index (χ4n) is 1.60. The Labute approximate surface area is 109 Å². The molecule has 4 heteroatoms. The molecule has 0 heterocycles. The number of nitrogens with two attached hydrogens (primary N) is 1. The van der Waals surface area contributed by atoms with Crippen molar-refractivity contribution in [1.29, 1.82) is 0 Å². The van der Waals surface area contributed by atoms with E-state index in [0.717, 1.165) is 30.1 Å². The second-order valence-corrected chi connectivity index (χ2v) is 4.15. The first-order valence-corrected chi connectivity index (χ1v) is 6.33. The number of methoxy groups -OCH3 is 1. The van der Waals surface area contributed by atoms with Gasteiger partial charge in [-0.2, -0.15) is 0 Å². The van der Waals surface area contributed by atoms with Gasteiger partial charge in [0, 0.05) is 24.3 Å². The lowest BCUT2D eigenvalue weighted by atomic mass is 10.1. The highest BCUT2D eigenvalue weighted by atomic mass is 16.5. The van der Waals surface area contributed by atoms with Crippen LogP contribution in [0.3, 0.4) is 0 Å². The average Bonchev–Trinajstić information content (AvgIpc) is 2.38. The van der Waals surface area contributed by atoms with Gasteiger partial charge in [-0.3, -0.25) is 0 Å². The molecule has 4 nitrogen and oxygen atoms in total. The maximum atomic E-state index is 5.91. The fourth-order valence-corrected chi connectivity index (χ4v) is 1.60. The molecule has 0 aliphatic heterocycles. The van der Waals surface area contributed by atoms with E-state index in [9.17, 15) is 0 Å². The maximum absolute atomic E-state index is 5.91. The summed E-state index contributed by atoms with van der Waals surface area (Å²) in [6.45, 7) is 5.89. The van der Waals surface area contributed by atoms with Gasteiger partial charge < -0.3 is 19.9 Å². The van der Waals surface area contributed by atoms with E-state index in [2.05, 4.69) is 6.92 Å². The summed E-state index contributed by atoms with van der Waals surface area (Å²) in [7, 11) is 1.63. The van der Waals surface area contributed by atoms with Crippen molar-refractivity contribution in [1.82, 2.24) is 0 Å². The van der Waals surface area contributed by atoms with Crippen LogP contribution in [0, 0.1) is 0 Å². The van der Waals surface area contributed by atoms with Crippen LogP contribution >= 0.6 is 0 Å². The van der Waals surface area contributed by atoms with Crippen molar-refractivity contribution in [3.63, 3.8) is 0 Å². The van der Waals surface area contributed by atoms with Crippen LogP contribution in [-0.2, 0) is 4.74 Å². The number of benzene rings is 1. The Morgan fingerprint density at radius 1 is 1.22 bits per heavy atom. The summed E-state index contributed by atoms with van der Waals surface area (Å²) in [5.41, 5.74) is 6.88. The lowest BCUT2D eigenvalue weighted by Gasteiger charge is -2.15. The second kappa shape index (κ2) is 7.95. The molecule has 0 spiro atoms. The predicted molar refractivity (Wildman–Crippen MR) is 72.2 cm³/mol. The summed E-state index contributed by atoms with van der Waals surface area (Å²) in [4.78, 5) is 0. The van der Waals surface area contributed by atoms with E-state index in [1.807, 2.05) is 25.1 Å². The van der Waals surface area contributed by atoms with Gasteiger partial charge in [0.25, 0.3) is 0 Å². The van der Waals surface area contributed by atoms with Gasteiger partial charge in [-0.05, 0) is 19.4 Å². The zero-order chi connectivity index (χ0) is 13.4. The molecule has 18 heavy (non-hydrogen) atoms. The predicted octanol–water partition coefficient (Wildman–Crippen LogP) is 2.52. The van der Waals surface area contributed by atoms with Crippen molar-refractivity contribution in [2.45, 2.75) is 26.3 Å². The largest absolute Gasteiger partial charge is 0.497 e. The van der Waals surface area contributed by atoms with Crippen LogP contribution < -0.4 is 15.2 Å². The highest BCUT2D eigenvalue weighted by Gasteiger charge is 2.09. The summed E-state index contributed by atoms with van der Waals surface area (Å²) < 4.78 is 16.3. The van der Waals surface area contributed by atoms with Gasteiger partial charge in [-0.1, -0.05) is 13.0 Å². The molecule has 1 rings (SSSR count). The van der Waals surface area contributed by atoms with E-state index < -0.39 is 0 Å². The molecule has 0 saturated carbocycles. The first-order valence-electron chi connectivity index (χ1n) is 6.33. The van der Waals surface area contributed by atoms with E-state index in [1.54, 1.807) is 7.11 Å².